The molecule has 0 saturated carbocycles. The number of nitriles is 1. The lowest BCUT2D eigenvalue weighted by atomic mass is 9.89. The maximum Gasteiger partial charge on any atom is 0.0968 e. The highest BCUT2D eigenvalue weighted by Crippen LogP contribution is 2.30. The smallest absolute Gasteiger partial charge is 0.0968 e. The lowest BCUT2D eigenvalue weighted by Crippen LogP contribution is -1.98. The zero-order valence-electron chi connectivity index (χ0n) is 10.5. The predicted octanol–water partition coefficient (Wildman–Crippen LogP) is 4.50. The van der Waals surface area contributed by atoms with Crippen LogP contribution in [0.1, 0.15) is 17.0 Å². The van der Waals surface area contributed by atoms with Gasteiger partial charge in [-0.25, -0.2) is 0 Å². The van der Waals surface area contributed by atoms with Crippen LogP contribution in [0.2, 0.25) is 0 Å². The number of hydrogen-bond donors (Lipinski definition) is 0. The van der Waals surface area contributed by atoms with Gasteiger partial charge < -0.3 is 0 Å². The number of nitrogens with zero attached hydrogens (tertiary/aromatic N) is 1. The second kappa shape index (κ2) is 4.96. The maximum atomic E-state index is 9.54. The van der Waals surface area contributed by atoms with Crippen molar-refractivity contribution in [2.45, 2.75) is 5.92 Å². The van der Waals surface area contributed by atoms with Gasteiger partial charge in [0.1, 0.15) is 0 Å². The largest absolute Gasteiger partial charge is 0.197 e. The van der Waals surface area contributed by atoms with E-state index in [1.165, 1.54) is 5.39 Å². The van der Waals surface area contributed by atoms with E-state index >= 15 is 0 Å². The summed E-state index contributed by atoms with van der Waals surface area (Å²) in [6.07, 6.45) is 0. The molecule has 0 aliphatic carbocycles. The minimum absolute atomic E-state index is 0.215. The molecule has 0 radical (unpaired) electrons. The van der Waals surface area contributed by atoms with Gasteiger partial charge in [-0.15, -0.1) is 0 Å². The Morgan fingerprint density at radius 2 is 1.42 bits per heavy atom. The van der Waals surface area contributed by atoms with Crippen molar-refractivity contribution in [1.82, 2.24) is 0 Å². The van der Waals surface area contributed by atoms with Gasteiger partial charge >= 0.3 is 0 Å². The van der Waals surface area contributed by atoms with E-state index in [1.54, 1.807) is 0 Å². The molecule has 0 unspecified atom stereocenters. The van der Waals surface area contributed by atoms with Crippen molar-refractivity contribution >= 4 is 10.8 Å². The number of benzene rings is 3. The molecular formula is C18H13N. The fourth-order valence-electron chi connectivity index (χ4n) is 2.47. The quantitative estimate of drug-likeness (QED) is 0.650. The molecule has 0 amide bonds. The first kappa shape index (κ1) is 11.5. The van der Waals surface area contributed by atoms with Crippen molar-refractivity contribution < 1.29 is 0 Å². The fraction of sp³-hybridized carbons (Fsp3) is 0.0556. The van der Waals surface area contributed by atoms with Gasteiger partial charge in [0.15, 0.2) is 0 Å². The van der Waals surface area contributed by atoms with Crippen LogP contribution in [0, 0.1) is 11.3 Å². The predicted molar refractivity (Wildman–Crippen MR) is 77.8 cm³/mol. The second-order valence-electron chi connectivity index (χ2n) is 4.54. The van der Waals surface area contributed by atoms with Gasteiger partial charge in [0.2, 0.25) is 0 Å². The highest BCUT2D eigenvalue weighted by Gasteiger charge is 2.15. The molecule has 0 aliphatic heterocycles. The van der Waals surface area contributed by atoms with Crippen molar-refractivity contribution in [3.8, 4) is 6.07 Å². The summed E-state index contributed by atoms with van der Waals surface area (Å²) in [5, 5.41) is 11.9. The van der Waals surface area contributed by atoms with Crippen LogP contribution in [0.5, 0.6) is 0 Å². The Morgan fingerprint density at radius 1 is 0.737 bits per heavy atom. The SMILES string of the molecule is N#C[C@H](c1ccccc1)c1cccc2ccccc12. The minimum Gasteiger partial charge on any atom is -0.197 e. The third-order valence-electron chi connectivity index (χ3n) is 3.40. The van der Waals surface area contributed by atoms with Crippen LogP contribution < -0.4 is 0 Å². The molecule has 0 N–H and O–H groups in total. The molecule has 0 saturated heterocycles. The van der Waals surface area contributed by atoms with Crippen LogP contribution in [0.15, 0.2) is 72.8 Å². The minimum atomic E-state index is -0.215. The van der Waals surface area contributed by atoms with Crippen molar-refractivity contribution in [3.63, 3.8) is 0 Å². The summed E-state index contributed by atoms with van der Waals surface area (Å²) in [7, 11) is 0. The average molecular weight is 243 g/mol. The normalized spacial score (nSPS) is 11.9. The Bertz CT molecular complexity index is 733. The molecule has 0 aliphatic rings. The van der Waals surface area contributed by atoms with E-state index in [0.717, 1.165) is 16.5 Å². The van der Waals surface area contributed by atoms with Gasteiger partial charge in [-0.2, -0.15) is 5.26 Å². The van der Waals surface area contributed by atoms with E-state index in [9.17, 15) is 5.26 Å². The first-order valence-corrected chi connectivity index (χ1v) is 6.32. The number of rotatable bonds is 2. The van der Waals surface area contributed by atoms with Gasteiger partial charge in [-0.1, -0.05) is 72.8 Å². The fourth-order valence-corrected chi connectivity index (χ4v) is 2.47. The van der Waals surface area contributed by atoms with Crippen LogP contribution in [0.4, 0.5) is 0 Å². The zero-order valence-corrected chi connectivity index (χ0v) is 10.5. The highest BCUT2D eigenvalue weighted by molar-refractivity contribution is 5.87. The van der Waals surface area contributed by atoms with Crippen LogP contribution in [-0.4, -0.2) is 0 Å². The summed E-state index contributed by atoms with van der Waals surface area (Å²) in [5.74, 6) is -0.215. The summed E-state index contributed by atoms with van der Waals surface area (Å²) in [6, 6.07) is 26.7. The molecule has 19 heavy (non-hydrogen) atoms. The summed E-state index contributed by atoms with van der Waals surface area (Å²) in [4.78, 5) is 0. The molecule has 3 aromatic carbocycles. The standard InChI is InChI=1S/C18H13N/c19-13-18(15-7-2-1-3-8-15)17-12-6-10-14-9-4-5-11-16(14)17/h1-12,18H/t18-/m1/s1. The van der Waals surface area contributed by atoms with E-state index in [-0.39, 0.29) is 5.92 Å². The van der Waals surface area contributed by atoms with Crippen molar-refractivity contribution in [2.24, 2.45) is 0 Å². The Balaban J connectivity index is 2.21. The maximum absolute atomic E-state index is 9.54. The summed E-state index contributed by atoms with van der Waals surface area (Å²) < 4.78 is 0. The van der Waals surface area contributed by atoms with E-state index < -0.39 is 0 Å². The van der Waals surface area contributed by atoms with E-state index in [2.05, 4.69) is 24.3 Å². The summed E-state index contributed by atoms with van der Waals surface area (Å²) >= 11 is 0. The molecule has 1 atom stereocenters. The van der Waals surface area contributed by atoms with E-state index in [1.807, 2.05) is 54.6 Å². The van der Waals surface area contributed by atoms with Gasteiger partial charge in [-0.3, -0.25) is 0 Å². The van der Waals surface area contributed by atoms with Crippen LogP contribution in [0.3, 0.4) is 0 Å². The summed E-state index contributed by atoms with van der Waals surface area (Å²) in [5.41, 5.74) is 2.12. The molecule has 90 valence electrons. The van der Waals surface area contributed by atoms with Gasteiger partial charge in [0.25, 0.3) is 0 Å². The second-order valence-corrected chi connectivity index (χ2v) is 4.54. The topological polar surface area (TPSA) is 23.8 Å². The molecule has 3 rings (SSSR count). The first-order chi connectivity index (χ1) is 9.40. The van der Waals surface area contributed by atoms with Gasteiger partial charge in [-0.05, 0) is 21.9 Å². The monoisotopic (exact) mass is 243 g/mol. The molecular weight excluding hydrogens is 230 g/mol. The van der Waals surface area contributed by atoms with Crippen molar-refractivity contribution in [3.05, 3.63) is 83.9 Å². The van der Waals surface area contributed by atoms with Gasteiger partial charge in [0, 0.05) is 0 Å². The zero-order chi connectivity index (χ0) is 13.1. The molecule has 3 aromatic rings. The molecule has 0 heterocycles. The Labute approximate surface area is 112 Å². The van der Waals surface area contributed by atoms with Crippen molar-refractivity contribution in [2.75, 3.05) is 0 Å². The van der Waals surface area contributed by atoms with Gasteiger partial charge in [0.05, 0.1) is 12.0 Å². The number of fused-ring (bicyclic) bond motifs is 1. The lowest BCUT2D eigenvalue weighted by Gasteiger charge is -2.12. The van der Waals surface area contributed by atoms with E-state index in [0.29, 0.717) is 0 Å². The molecule has 1 nitrogen and oxygen atoms in total. The first-order valence-electron chi connectivity index (χ1n) is 6.32. The third-order valence-corrected chi connectivity index (χ3v) is 3.40. The summed E-state index contributed by atoms with van der Waals surface area (Å²) in [6.45, 7) is 0. The van der Waals surface area contributed by atoms with Crippen LogP contribution in [0.25, 0.3) is 10.8 Å². The Morgan fingerprint density at radius 3 is 2.21 bits per heavy atom. The molecule has 0 spiro atoms. The Hall–Kier alpha value is -2.59. The lowest BCUT2D eigenvalue weighted by molar-refractivity contribution is 1.05. The highest BCUT2D eigenvalue weighted by atomic mass is 14.3. The molecule has 1 heteroatoms. The third kappa shape index (κ3) is 2.09. The molecule has 0 fully saturated rings. The van der Waals surface area contributed by atoms with Crippen LogP contribution >= 0.6 is 0 Å². The van der Waals surface area contributed by atoms with Crippen molar-refractivity contribution in [1.29, 1.82) is 5.26 Å². The Kier molecular flexibility index (Phi) is 3.00. The molecule has 0 bridgehead atoms. The van der Waals surface area contributed by atoms with E-state index in [4.69, 9.17) is 0 Å². The molecule has 0 aromatic heterocycles. The number of hydrogen-bond acceptors (Lipinski definition) is 1. The van der Waals surface area contributed by atoms with Crippen LogP contribution in [-0.2, 0) is 0 Å². The average Bonchev–Trinajstić information content (AvgIpc) is 2.49.